The largest absolute Gasteiger partial charge is 0.496 e. The molecule has 3 rings (SSSR count). The number of benzene rings is 1. The molecule has 1 heterocycles. The van der Waals surface area contributed by atoms with Crippen molar-refractivity contribution in [2.24, 2.45) is 11.8 Å². The monoisotopic (exact) mass is 287 g/mol. The maximum Gasteiger partial charge on any atom is 0.226 e. The molecule has 1 aliphatic heterocycles. The van der Waals surface area contributed by atoms with Crippen molar-refractivity contribution in [1.82, 2.24) is 4.90 Å². The Bertz CT molecular complexity index is 526. The highest BCUT2D eigenvalue weighted by molar-refractivity contribution is 5.83. The third kappa shape index (κ3) is 2.66. The summed E-state index contributed by atoms with van der Waals surface area (Å²) in [4.78, 5) is 14.9. The second kappa shape index (κ2) is 5.70. The van der Waals surface area contributed by atoms with Crippen LogP contribution in [0, 0.1) is 11.8 Å². The SMILES string of the molecule is COc1ccccc1[C@H]1C[C@H]1C(=O)N1CCC[C@@H]1C(C)C. The lowest BCUT2D eigenvalue weighted by Gasteiger charge is -2.28. The molecule has 0 spiro atoms. The number of amides is 1. The first-order valence-corrected chi connectivity index (χ1v) is 8.07. The average Bonchev–Trinajstić information content (AvgIpc) is 3.13. The molecule has 0 aromatic heterocycles. The van der Waals surface area contributed by atoms with E-state index in [0.29, 0.717) is 23.8 Å². The minimum Gasteiger partial charge on any atom is -0.496 e. The molecule has 21 heavy (non-hydrogen) atoms. The van der Waals surface area contributed by atoms with E-state index in [1.165, 1.54) is 5.56 Å². The Hall–Kier alpha value is -1.51. The molecule has 1 aromatic carbocycles. The van der Waals surface area contributed by atoms with Crippen molar-refractivity contribution in [3.63, 3.8) is 0 Å². The van der Waals surface area contributed by atoms with Crippen LogP contribution in [-0.2, 0) is 4.79 Å². The van der Waals surface area contributed by atoms with Crippen LogP contribution in [0.3, 0.4) is 0 Å². The zero-order valence-corrected chi connectivity index (χ0v) is 13.2. The van der Waals surface area contributed by atoms with Crippen LogP contribution in [0.15, 0.2) is 24.3 Å². The number of hydrogen-bond acceptors (Lipinski definition) is 2. The maximum atomic E-state index is 12.8. The minimum atomic E-state index is 0.167. The second-order valence-electron chi connectivity index (χ2n) is 6.68. The highest BCUT2D eigenvalue weighted by atomic mass is 16.5. The molecule has 3 atom stereocenters. The second-order valence-corrected chi connectivity index (χ2v) is 6.68. The zero-order valence-electron chi connectivity index (χ0n) is 13.2. The first-order valence-electron chi connectivity index (χ1n) is 8.07. The number of rotatable bonds is 4. The number of carbonyl (C=O) groups is 1. The summed E-state index contributed by atoms with van der Waals surface area (Å²) >= 11 is 0. The molecule has 1 amide bonds. The van der Waals surface area contributed by atoms with Gasteiger partial charge in [0.25, 0.3) is 0 Å². The summed E-state index contributed by atoms with van der Waals surface area (Å²) in [6.45, 7) is 5.39. The molecule has 0 N–H and O–H groups in total. The van der Waals surface area contributed by atoms with Crippen LogP contribution in [0.5, 0.6) is 5.75 Å². The standard InChI is InChI=1S/C18H25NO2/c1-12(2)16-8-6-10-19(16)18(20)15-11-14(15)13-7-4-5-9-17(13)21-3/h4-5,7,9,12,14-16H,6,8,10-11H2,1-3H3/t14-,15-,16-/m1/s1. The Balaban J connectivity index is 1.71. The van der Waals surface area contributed by atoms with Gasteiger partial charge in [-0.1, -0.05) is 32.0 Å². The van der Waals surface area contributed by atoms with Gasteiger partial charge in [0.1, 0.15) is 5.75 Å². The van der Waals surface area contributed by atoms with E-state index in [0.717, 1.165) is 31.6 Å². The summed E-state index contributed by atoms with van der Waals surface area (Å²) in [5.41, 5.74) is 1.19. The van der Waals surface area contributed by atoms with Crippen LogP contribution in [-0.4, -0.2) is 30.5 Å². The van der Waals surface area contributed by atoms with Gasteiger partial charge >= 0.3 is 0 Å². The van der Waals surface area contributed by atoms with Crippen molar-refractivity contribution in [2.45, 2.75) is 45.1 Å². The first kappa shape index (κ1) is 14.4. The summed E-state index contributed by atoms with van der Waals surface area (Å²) in [6.07, 6.45) is 3.29. The predicted octanol–water partition coefficient (Wildman–Crippen LogP) is 3.45. The van der Waals surface area contributed by atoms with E-state index in [-0.39, 0.29) is 5.92 Å². The molecule has 2 aliphatic rings. The average molecular weight is 287 g/mol. The number of methoxy groups -OCH3 is 1. The van der Waals surface area contributed by atoms with Crippen LogP contribution in [0.2, 0.25) is 0 Å². The highest BCUT2D eigenvalue weighted by Crippen LogP contribution is 2.51. The van der Waals surface area contributed by atoms with E-state index >= 15 is 0 Å². The van der Waals surface area contributed by atoms with Crippen molar-refractivity contribution < 1.29 is 9.53 Å². The number of likely N-dealkylation sites (tertiary alicyclic amines) is 1. The Labute approximate surface area is 127 Å². The van der Waals surface area contributed by atoms with Gasteiger partial charge in [-0.2, -0.15) is 0 Å². The molecular weight excluding hydrogens is 262 g/mol. The molecule has 1 aromatic rings. The molecule has 3 heteroatoms. The predicted molar refractivity (Wildman–Crippen MR) is 83.4 cm³/mol. The van der Waals surface area contributed by atoms with Gasteiger partial charge in [-0.25, -0.2) is 0 Å². The Morgan fingerprint density at radius 3 is 2.81 bits per heavy atom. The molecule has 0 unspecified atom stereocenters. The van der Waals surface area contributed by atoms with E-state index in [9.17, 15) is 4.79 Å². The van der Waals surface area contributed by atoms with Crippen LogP contribution in [0.4, 0.5) is 0 Å². The summed E-state index contributed by atoms with van der Waals surface area (Å²) in [5, 5.41) is 0. The number of hydrogen-bond donors (Lipinski definition) is 0. The lowest BCUT2D eigenvalue weighted by Crippen LogP contribution is -2.39. The number of para-hydroxylation sites is 1. The van der Waals surface area contributed by atoms with Crippen molar-refractivity contribution in [2.75, 3.05) is 13.7 Å². The molecule has 1 saturated heterocycles. The summed E-state index contributed by atoms with van der Waals surface area (Å²) in [6, 6.07) is 8.54. The number of nitrogens with zero attached hydrogens (tertiary/aromatic N) is 1. The Morgan fingerprint density at radius 2 is 2.10 bits per heavy atom. The zero-order chi connectivity index (χ0) is 15.0. The summed E-state index contributed by atoms with van der Waals surface area (Å²) in [5.74, 6) is 2.35. The van der Waals surface area contributed by atoms with Gasteiger partial charge < -0.3 is 9.64 Å². The molecule has 1 aliphatic carbocycles. The van der Waals surface area contributed by atoms with Gasteiger partial charge in [-0.3, -0.25) is 4.79 Å². The summed E-state index contributed by atoms with van der Waals surface area (Å²) < 4.78 is 5.43. The quantitative estimate of drug-likeness (QED) is 0.849. The highest BCUT2D eigenvalue weighted by Gasteiger charge is 2.48. The van der Waals surface area contributed by atoms with Crippen LogP contribution < -0.4 is 4.74 Å². The van der Waals surface area contributed by atoms with Gasteiger partial charge in [-0.05, 0) is 42.7 Å². The molecule has 2 fully saturated rings. The fraction of sp³-hybridized carbons (Fsp3) is 0.611. The van der Waals surface area contributed by atoms with Crippen molar-refractivity contribution in [3.8, 4) is 5.75 Å². The third-order valence-electron chi connectivity index (χ3n) is 5.00. The number of ether oxygens (including phenoxy) is 1. The van der Waals surface area contributed by atoms with Crippen molar-refractivity contribution in [3.05, 3.63) is 29.8 Å². The topological polar surface area (TPSA) is 29.5 Å². The van der Waals surface area contributed by atoms with E-state index in [2.05, 4.69) is 24.8 Å². The van der Waals surface area contributed by atoms with Crippen LogP contribution in [0.1, 0.15) is 44.6 Å². The van der Waals surface area contributed by atoms with E-state index in [4.69, 9.17) is 4.74 Å². The van der Waals surface area contributed by atoms with E-state index in [1.807, 2.05) is 18.2 Å². The van der Waals surface area contributed by atoms with Crippen LogP contribution >= 0.6 is 0 Å². The molecule has 0 radical (unpaired) electrons. The smallest absolute Gasteiger partial charge is 0.226 e. The normalized spacial score (nSPS) is 28.0. The van der Waals surface area contributed by atoms with Gasteiger partial charge in [0.15, 0.2) is 0 Å². The van der Waals surface area contributed by atoms with E-state index in [1.54, 1.807) is 7.11 Å². The third-order valence-corrected chi connectivity index (χ3v) is 5.00. The first-order chi connectivity index (χ1) is 10.1. The van der Waals surface area contributed by atoms with Crippen molar-refractivity contribution in [1.29, 1.82) is 0 Å². The van der Waals surface area contributed by atoms with Crippen molar-refractivity contribution >= 4 is 5.91 Å². The summed E-state index contributed by atoms with van der Waals surface area (Å²) in [7, 11) is 1.70. The minimum absolute atomic E-state index is 0.167. The lowest BCUT2D eigenvalue weighted by molar-refractivity contribution is -0.134. The maximum absolute atomic E-state index is 12.8. The Morgan fingerprint density at radius 1 is 1.33 bits per heavy atom. The fourth-order valence-electron chi connectivity index (χ4n) is 3.76. The molecule has 114 valence electrons. The van der Waals surface area contributed by atoms with Gasteiger partial charge in [0.2, 0.25) is 5.91 Å². The fourth-order valence-corrected chi connectivity index (χ4v) is 3.76. The van der Waals surface area contributed by atoms with Gasteiger partial charge in [0, 0.05) is 18.5 Å². The van der Waals surface area contributed by atoms with Gasteiger partial charge in [-0.15, -0.1) is 0 Å². The van der Waals surface area contributed by atoms with Gasteiger partial charge in [0.05, 0.1) is 7.11 Å². The molecule has 3 nitrogen and oxygen atoms in total. The molecule has 1 saturated carbocycles. The van der Waals surface area contributed by atoms with Crippen LogP contribution in [0.25, 0.3) is 0 Å². The Kier molecular flexibility index (Phi) is 3.92. The van der Waals surface area contributed by atoms with E-state index < -0.39 is 0 Å². The molecule has 0 bridgehead atoms. The molecular formula is C18H25NO2. The lowest BCUT2D eigenvalue weighted by atomic mass is 10.0. The number of carbonyl (C=O) groups excluding carboxylic acids is 1.